The van der Waals surface area contributed by atoms with E-state index in [4.69, 9.17) is 16.3 Å². The first-order valence-electron chi connectivity index (χ1n) is 7.96. The van der Waals surface area contributed by atoms with Crippen molar-refractivity contribution in [3.8, 4) is 0 Å². The predicted molar refractivity (Wildman–Crippen MR) is 90.8 cm³/mol. The van der Waals surface area contributed by atoms with E-state index in [1.165, 1.54) is 0 Å². The molecule has 0 saturated carbocycles. The van der Waals surface area contributed by atoms with Gasteiger partial charge in [-0.15, -0.1) is 0 Å². The lowest BCUT2D eigenvalue weighted by Crippen LogP contribution is -2.44. The number of carbonyl (C=O) groups excluding carboxylic acids is 1. The van der Waals surface area contributed by atoms with E-state index in [0.717, 1.165) is 37.4 Å². The molecule has 0 bridgehead atoms. The quantitative estimate of drug-likeness (QED) is 0.853. The summed E-state index contributed by atoms with van der Waals surface area (Å²) in [6.45, 7) is 9.72. The molecule has 1 atom stereocenters. The van der Waals surface area contributed by atoms with Gasteiger partial charge in [0.25, 0.3) is 0 Å². The molecule has 1 aromatic heterocycles. The summed E-state index contributed by atoms with van der Waals surface area (Å²) in [5.74, 6) is 1.09. The van der Waals surface area contributed by atoms with Gasteiger partial charge in [0.05, 0.1) is 0 Å². The van der Waals surface area contributed by atoms with E-state index in [-0.39, 0.29) is 11.4 Å². The van der Waals surface area contributed by atoms with Crippen molar-refractivity contribution in [3.05, 3.63) is 17.0 Å². The second kappa shape index (κ2) is 7.34. The fraction of sp³-hybridized carbons (Fsp3) is 0.688. The van der Waals surface area contributed by atoms with Gasteiger partial charge >= 0.3 is 6.09 Å². The average molecular weight is 341 g/mol. The van der Waals surface area contributed by atoms with Crippen molar-refractivity contribution >= 4 is 23.5 Å². The third-order valence-electron chi connectivity index (χ3n) is 3.57. The van der Waals surface area contributed by atoms with Crippen molar-refractivity contribution in [3.63, 3.8) is 0 Å². The molecule has 1 N–H and O–H groups in total. The maximum atomic E-state index is 12.2. The molecule has 2 rings (SSSR count). The topological polar surface area (TPSA) is 67.4 Å². The van der Waals surface area contributed by atoms with E-state index in [0.29, 0.717) is 12.5 Å². The Labute approximate surface area is 142 Å². The van der Waals surface area contributed by atoms with Crippen molar-refractivity contribution < 1.29 is 9.53 Å². The van der Waals surface area contributed by atoms with Crippen LogP contribution in [0.4, 0.5) is 10.6 Å². The van der Waals surface area contributed by atoms with Crippen molar-refractivity contribution in [1.82, 2.24) is 14.9 Å². The highest BCUT2D eigenvalue weighted by Crippen LogP contribution is 2.20. The number of hydrogen-bond donors (Lipinski definition) is 1. The summed E-state index contributed by atoms with van der Waals surface area (Å²) in [7, 11) is 0. The lowest BCUT2D eigenvalue weighted by molar-refractivity contribution is 0.0172. The van der Waals surface area contributed by atoms with Crippen LogP contribution in [0.25, 0.3) is 0 Å². The maximum Gasteiger partial charge on any atom is 0.410 e. The van der Waals surface area contributed by atoms with Crippen LogP contribution in [0.5, 0.6) is 0 Å². The fourth-order valence-electron chi connectivity index (χ4n) is 2.60. The SMILES string of the molecule is Cc1cc(NC[C@@H]2CCCN(C(=O)OC(C)(C)C)C2)nc(Cl)n1. The van der Waals surface area contributed by atoms with Gasteiger partial charge in [-0.05, 0) is 58.1 Å². The molecule has 1 aromatic rings. The molecule has 0 spiro atoms. The van der Waals surface area contributed by atoms with Gasteiger partial charge in [-0.1, -0.05) is 0 Å². The molecule has 1 fully saturated rings. The Morgan fingerprint density at radius 3 is 2.87 bits per heavy atom. The van der Waals surface area contributed by atoms with Crippen LogP contribution in [0.15, 0.2) is 6.07 Å². The lowest BCUT2D eigenvalue weighted by Gasteiger charge is -2.34. The zero-order valence-electron chi connectivity index (χ0n) is 14.2. The van der Waals surface area contributed by atoms with Gasteiger partial charge in [0, 0.05) is 31.4 Å². The molecule has 2 heterocycles. The molecule has 128 valence electrons. The molecular formula is C16H25ClN4O2. The fourth-order valence-corrected chi connectivity index (χ4v) is 2.82. The molecule has 1 amide bonds. The molecule has 0 unspecified atom stereocenters. The first-order chi connectivity index (χ1) is 10.7. The number of likely N-dealkylation sites (tertiary alicyclic amines) is 1. The largest absolute Gasteiger partial charge is 0.444 e. The first kappa shape index (κ1) is 17.8. The molecule has 0 radical (unpaired) electrons. The summed E-state index contributed by atoms with van der Waals surface area (Å²) in [6.07, 6.45) is 1.82. The second-order valence-corrected chi connectivity index (χ2v) is 7.32. The highest BCUT2D eigenvalue weighted by atomic mass is 35.5. The summed E-state index contributed by atoms with van der Waals surface area (Å²) in [6, 6.07) is 1.86. The zero-order valence-corrected chi connectivity index (χ0v) is 15.0. The average Bonchev–Trinajstić information content (AvgIpc) is 2.43. The second-order valence-electron chi connectivity index (χ2n) is 6.98. The summed E-state index contributed by atoms with van der Waals surface area (Å²) in [5.41, 5.74) is 0.365. The van der Waals surface area contributed by atoms with Crippen LogP contribution >= 0.6 is 11.6 Å². The van der Waals surface area contributed by atoms with Gasteiger partial charge < -0.3 is 15.0 Å². The van der Waals surface area contributed by atoms with E-state index in [2.05, 4.69) is 15.3 Å². The Bertz CT molecular complexity index is 539. The van der Waals surface area contributed by atoms with Crippen molar-refractivity contribution in [2.75, 3.05) is 25.0 Å². The third kappa shape index (κ3) is 5.86. The normalized spacial score (nSPS) is 18.7. The van der Waals surface area contributed by atoms with Crippen molar-refractivity contribution in [2.45, 2.75) is 46.1 Å². The summed E-state index contributed by atoms with van der Waals surface area (Å²) >= 11 is 5.87. The van der Waals surface area contributed by atoms with Gasteiger partial charge in [0.2, 0.25) is 5.28 Å². The number of nitrogens with zero attached hydrogens (tertiary/aromatic N) is 3. The lowest BCUT2D eigenvalue weighted by atomic mass is 9.98. The number of amides is 1. The summed E-state index contributed by atoms with van der Waals surface area (Å²) in [4.78, 5) is 22.2. The number of ether oxygens (including phenoxy) is 1. The van der Waals surface area contributed by atoms with Gasteiger partial charge in [0.15, 0.2) is 0 Å². The minimum absolute atomic E-state index is 0.233. The molecule has 0 aliphatic carbocycles. The van der Waals surface area contributed by atoms with Gasteiger partial charge in [-0.25, -0.2) is 14.8 Å². The first-order valence-corrected chi connectivity index (χ1v) is 8.34. The van der Waals surface area contributed by atoms with Gasteiger partial charge in [0.1, 0.15) is 11.4 Å². The van der Waals surface area contributed by atoms with E-state index >= 15 is 0 Å². The van der Waals surface area contributed by atoms with Crippen LogP contribution in [0.2, 0.25) is 5.28 Å². The molecule has 1 aliphatic heterocycles. The van der Waals surface area contributed by atoms with Gasteiger partial charge in [-0.2, -0.15) is 0 Å². The minimum atomic E-state index is -0.461. The van der Waals surface area contributed by atoms with Crippen LogP contribution in [0.3, 0.4) is 0 Å². The van der Waals surface area contributed by atoms with Crippen LogP contribution in [0.1, 0.15) is 39.3 Å². The number of aromatic nitrogens is 2. The Hall–Kier alpha value is -1.56. The highest BCUT2D eigenvalue weighted by molar-refractivity contribution is 6.28. The number of nitrogens with one attached hydrogen (secondary N) is 1. The van der Waals surface area contributed by atoms with Crippen LogP contribution in [-0.4, -0.2) is 46.2 Å². The molecule has 6 nitrogen and oxygen atoms in total. The zero-order chi connectivity index (χ0) is 17.0. The number of piperidine rings is 1. The van der Waals surface area contributed by atoms with E-state index in [1.54, 1.807) is 4.90 Å². The number of rotatable bonds is 3. The number of anilines is 1. The molecule has 7 heteroatoms. The molecule has 23 heavy (non-hydrogen) atoms. The van der Waals surface area contributed by atoms with Crippen molar-refractivity contribution in [2.24, 2.45) is 5.92 Å². The Morgan fingerprint density at radius 1 is 1.48 bits per heavy atom. The minimum Gasteiger partial charge on any atom is -0.444 e. The molecule has 0 aromatic carbocycles. The molecular weight excluding hydrogens is 316 g/mol. The Kier molecular flexibility index (Phi) is 5.68. The standard InChI is InChI=1S/C16H25ClN4O2/c1-11-8-13(20-14(17)19-11)18-9-12-6-5-7-21(10-12)15(22)23-16(2,3)4/h8,12H,5-7,9-10H2,1-4H3,(H,18,19,20)/t12-/m0/s1. The van der Waals surface area contributed by atoms with Gasteiger partial charge in [-0.3, -0.25) is 0 Å². The van der Waals surface area contributed by atoms with Crippen LogP contribution < -0.4 is 5.32 Å². The van der Waals surface area contributed by atoms with Crippen LogP contribution in [0, 0.1) is 12.8 Å². The van der Waals surface area contributed by atoms with E-state index in [1.807, 2.05) is 33.8 Å². The predicted octanol–water partition coefficient (Wildman–Crippen LogP) is 3.50. The van der Waals surface area contributed by atoms with E-state index in [9.17, 15) is 4.79 Å². The van der Waals surface area contributed by atoms with Crippen molar-refractivity contribution in [1.29, 1.82) is 0 Å². The third-order valence-corrected chi connectivity index (χ3v) is 3.74. The number of carbonyl (C=O) groups is 1. The smallest absolute Gasteiger partial charge is 0.410 e. The summed E-state index contributed by atoms with van der Waals surface area (Å²) < 4.78 is 5.45. The maximum absolute atomic E-state index is 12.2. The number of hydrogen-bond acceptors (Lipinski definition) is 5. The number of aryl methyl sites for hydroxylation is 1. The Morgan fingerprint density at radius 2 is 2.22 bits per heavy atom. The number of halogens is 1. The Balaban J connectivity index is 1.87. The monoisotopic (exact) mass is 340 g/mol. The molecule has 1 aliphatic rings. The summed E-state index contributed by atoms with van der Waals surface area (Å²) in [5, 5.41) is 3.53. The highest BCUT2D eigenvalue weighted by Gasteiger charge is 2.27. The van der Waals surface area contributed by atoms with Crippen LogP contribution in [-0.2, 0) is 4.74 Å². The molecule has 1 saturated heterocycles. The van der Waals surface area contributed by atoms with E-state index < -0.39 is 5.60 Å².